The first-order valence-electron chi connectivity index (χ1n) is 10.6. The molecule has 9 nitrogen and oxygen atoms in total. The number of pyridine rings is 1. The van der Waals surface area contributed by atoms with Crippen LogP contribution < -0.4 is 15.4 Å². The number of hydrogen-bond donors (Lipinski definition) is 2. The average molecular weight is 478 g/mol. The number of methoxy groups -OCH3 is 1. The quantitative estimate of drug-likeness (QED) is 0.380. The molecule has 0 fully saturated rings. The molecule has 0 aliphatic carbocycles. The Bertz CT molecular complexity index is 1290. The van der Waals surface area contributed by atoms with Crippen LogP contribution in [0.3, 0.4) is 0 Å². The zero-order valence-electron chi connectivity index (χ0n) is 19.0. The van der Waals surface area contributed by atoms with E-state index >= 15 is 0 Å². The van der Waals surface area contributed by atoms with Gasteiger partial charge in [0.1, 0.15) is 5.75 Å². The predicted molar refractivity (Wildman–Crippen MR) is 130 cm³/mol. The molecule has 2 N–H and O–H groups in total. The zero-order valence-corrected chi connectivity index (χ0v) is 19.7. The van der Waals surface area contributed by atoms with Crippen molar-refractivity contribution in [3.8, 4) is 17.0 Å². The molecular weight excluding hydrogens is 454 g/mol. The first kappa shape index (κ1) is 23.2. The number of benzene rings is 1. The fourth-order valence-electron chi connectivity index (χ4n) is 3.22. The van der Waals surface area contributed by atoms with Crippen LogP contribution in [0.5, 0.6) is 5.75 Å². The Labute approximate surface area is 202 Å². The minimum Gasteiger partial charge on any atom is -0.495 e. The zero-order chi connectivity index (χ0) is 24.1. The molecule has 4 aromatic rings. The molecule has 3 heterocycles. The number of hydrogen-bond acceptors (Lipinski definition) is 7. The number of aromatic nitrogens is 5. The highest BCUT2D eigenvalue weighted by Gasteiger charge is 2.14. The van der Waals surface area contributed by atoms with Crippen molar-refractivity contribution in [3.05, 3.63) is 77.5 Å². The van der Waals surface area contributed by atoms with Gasteiger partial charge in [-0.3, -0.25) is 14.5 Å². The second kappa shape index (κ2) is 10.3. The second-order valence-electron chi connectivity index (χ2n) is 7.78. The molecule has 0 unspecified atom stereocenters. The summed E-state index contributed by atoms with van der Waals surface area (Å²) in [6.45, 7) is 4.46. The lowest BCUT2D eigenvalue weighted by molar-refractivity contribution is 0.0950. The standard InChI is InChI=1S/C24H24ClN7O2/c1-15(2)32-14-18(12-29-32)22-19(25)13-28-24(31-22)30-20-7-6-17(9-21(20)34-3)23(33)27-11-16-5-4-8-26-10-16/h4-10,12-15H,11H2,1-3H3,(H,27,33)(H,28,30,31). The number of amides is 1. The molecule has 0 spiro atoms. The predicted octanol–water partition coefficient (Wildman–Crippen LogP) is 4.65. The normalized spacial score (nSPS) is 10.9. The van der Waals surface area contributed by atoms with E-state index in [0.717, 1.165) is 11.1 Å². The topological polar surface area (TPSA) is 107 Å². The van der Waals surface area contributed by atoms with Gasteiger partial charge in [-0.15, -0.1) is 0 Å². The highest BCUT2D eigenvalue weighted by Crippen LogP contribution is 2.30. The molecular formula is C24H24ClN7O2. The number of carbonyl (C=O) groups is 1. The first-order chi connectivity index (χ1) is 16.4. The largest absolute Gasteiger partial charge is 0.495 e. The van der Waals surface area contributed by atoms with Gasteiger partial charge in [-0.2, -0.15) is 5.10 Å². The third-order valence-corrected chi connectivity index (χ3v) is 5.31. The van der Waals surface area contributed by atoms with Crippen molar-refractivity contribution in [2.45, 2.75) is 26.4 Å². The number of anilines is 2. The molecule has 1 amide bonds. The Morgan fingerprint density at radius 3 is 2.76 bits per heavy atom. The van der Waals surface area contributed by atoms with Crippen molar-refractivity contribution in [2.24, 2.45) is 0 Å². The van der Waals surface area contributed by atoms with Crippen LogP contribution in [0.25, 0.3) is 11.3 Å². The summed E-state index contributed by atoms with van der Waals surface area (Å²) >= 11 is 6.35. The van der Waals surface area contributed by atoms with Gasteiger partial charge >= 0.3 is 0 Å². The summed E-state index contributed by atoms with van der Waals surface area (Å²) in [5.74, 6) is 0.589. The third-order valence-electron chi connectivity index (χ3n) is 5.03. The van der Waals surface area contributed by atoms with Gasteiger partial charge in [0.2, 0.25) is 5.95 Å². The molecule has 0 atom stereocenters. The van der Waals surface area contributed by atoms with Gasteiger partial charge in [-0.1, -0.05) is 17.7 Å². The molecule has 0 radical (unpaired) electrons. The molecule has 4 rings (SSSR count). The Morgan fingerprint density at radius 2 is 2.06 bits per heavy atom. The molecule has 10 heteroatoms. The third kappa shape index (κ3) is 5.32. The number of rotatable bonds is 8. The van der Waals surface area contributed by atoms with Gasteiger partial charge in [-0.05, 0) is 43.7 Å². The second-order valence-corrected chi connectivity index (χ2v) is 8.18. The van der Waals surface area contributed by atoms with Crippen molar-refractivity contribution >= 4 is 29.1 Å². The van der Waals surface area contributed by atoms with E-state index in [1.54, 1.807) is 36.8 Å². The lowest BCUT2D eigenvalue weighted by Gasteiger charge is -2.13. The lowest BCUT2D eigenvalue weighted by atomic mass is 10.1. The molecule has 34 heavy (non-hydrogen) atoms. The molecule has 0 saturated heterocycles. The molecule has 174 valence electrons. The van der Waals surface area contributed by atoms with Crippen LogP contribution in [0, 0.1) is 0 Å². The summed E-state index contributed by atoms with van der Waals surface area (Å²) in [7, 11) is 1.53. The summed E-state index contributed by atoms with van der Waals surface area (Å²) < 4.78 is 7.33. The Kier molecular flexibility index (Phi) is 7.03. The summed E-state index contributed by atoms with van der Waals surface area (Å²) in [6, 6.07) is 9.04. The van der Waals surface area contributed by atoms with E-state index in [4.69, 9.17) is 16.3 Å². The van der Waals surface area contributed by atoms with Crippen LogP contribution in [-0.4, -0.2) is 37.7 Å². The van der Waals surface area contributed by atoms with Crippen molar-refractivity contribution in [2.75, 3.05) is 12.4 Å². The molecule has 0 saturated carbocycles. The maximum absolute atomic E-state index is 12.6. The van der Waals surface area contributed by atoms with Gasteiger partial charge in [0.15, 0.2) is 0 Å². The highest BCUT2D eigenvalue weighted by molar-refractivity contribution is 6.32. The van der Waals surface area contributed by atoms with Crippen molar-refractivity contribution in [1.29, 1.82) is 0 Å². The van der Waals surface area contributed by atoms with E-state index in [1.165, 1.54) is 13.3 Å². The summed E-state index contributed by atoms with van der Waals surface area (Å²) in [6.07, 6.45) is 8.54. The van der Waals surface area contributed by atoms with E-state index in [-0.39, 0.29) is 11.9 Å². The molecule has 0 aliphatic heterocycles. The number of nitrogens with one attached hydrogen (secondary N) is 2. The maximum Gasteiger partial charge on any atom is 0.251 e. The smallest absolute Gasteiger partial charge is 0.251 e. The minimum atomic E-state index is -0.221. The highest BCUT2D eigenvalue weighted by atomic mass is 35.5. The van der Waals surface area contributed by atoms with Gasteiger partial charge in [-0.25, -0.2) is 9.97 Å². The van der Waals surface area contributed by atoms with Crippen LogP contribution >= 0.6 is 11.6 Å². The van der Waals surface area contributed by atoms with E-state index in [0.29, 0.717) is 40.2 Å². The van der Waals surface area contributed by atoms with Crippen LogP contribution in [-0.2, 0) is 6.54 Å². The van der Waals surface area contributed by atoms with E-state index in [2.05, 4.69) is 30.7 Å². The van der Waals surface area contributed by atoms with Gasteiger partial charge in [0.05, 0.1) is 35.9 Å². The number of carbonyl (C=O) groups excluding carboxylic acids is 1. The van der Waals surface area contributed by atoms with Crippen molar-refractivity contribution < 1.29 is 9.53 Å². The molecule has 0 bridgehead atoms. The van der Waals surface area contributed by atoms with Crippen LogP contribution in [0.2, 0.25) is 5.02 Å². The van der Waals surface area contributed by atoms with Crippen molar-refractivity contribution in [3.63, 3.8) is 0 Å². The lowest BCUT2D eigenvalue weighted by Crippen LogP contribution is -2.22. The van der Waals surface area contributed by atoms with Gasteiger partial charge < -0.3 is 15.4 Å². The molecule has 0 aliphatic rings. The fraction of sp³-hybridized carbons (Fsp3) is 0.208. The maximum atomic E-state index is 12.6. The Balaban J connectivity index is 1.51. The van der Waals surface area contributed by atoms with Crippen LogP contribution in [0.1, 0.15) is 35.8 Å². The summed E-state index contributed by atoms with van der Waals surface area (Å²) in [5, 5.41) is 10.8. The number of ether oxygens (including phenoxy) is 1. The Morgan fingerprint density at radius 1 is 1.21 bits per heavy atom. The summed E-state index contributed by atoms with van der Waals surface area (Å²) in [4.78, 5) is 25.5. The van der Waals surface area contributed by atoms with Crippen molar-refractivity contribution in [1.82, 2.24) is 30.0 Å². The van der Waals surface area contributed by atoms with E-state index < -0.39 is 0 Å². The van der Waals surface area contributed by atoms with Gasteiger partial charge in [0.25, 0.3) is 5.91 Å². The first-order valence-corrected chi connectivity index (χ1v) is 11.0. The summed E-state index contributed by atoms with van der Waals surface area (Å²) in [5.41, 5.74) is 3.34. The number of halogens is 1. The van der Waals surface area contributed by atoms with E-state index in [9.17, 15) is 4.79 Å². The Hall–Kier alpha value is -3.98. The monoisotopic (exact) mass is 477 g/mol. The van der Waals surface area contributed by atoms with E-state index in [1.807, 2.05) is 36.9 Å². The SMILES string of the molecule is COc1cc(C(=O)NCc2cccnc2)ccc1Nc1ncc(Cl)c(-c2cnn(C(C)C)c2)n1. The van der Waals surface area contributed by atoms with Crippen LogP contribution in [0.4, 0.5) is 11.6 Å². The minimum absolute atomic E-state index is 0.219. The molecule has 3 aromatic heterocycles. The van der Waals surface area contributed by atoms with Gasteiger partial charge in [0, 0.05) is 42.3 Å². The average Bonchev–Trinajstić information content (AvgIpc) is 3.35. The fourth-order valence-corrected chi connectivity index (χ4v) is 3.42. The number of nitrogens with zero attached hydrogens (tertiary/aromatic N) is 5. The molecule has 1 aromatic carbocycles. The van der Waals surface area contributed by atoms with Crippen LogP contribution in [0.15, 0.2) is 61.3 Å².